The molecule has 0 bridgehead atoms. The lowest BCUT2D eigenvalue weighted by Crippen LogP contribution is -2.11. The molecule has 1 amide bonds. The van der Waals surface area contributed by atoms with Gasteiger partial charge >= 0.3 is 24.0 Å². The number of hydrogen-bond donors (Lipinski definition) is 3. The number of pyridine rings is 1. The molecule has 7 aromatic heterocycles. The van der Waals surface area contributed by atoms with E-state index in [0.29, 0.717) is 73.8 Å². The smallest absolute Gasteiger partial charge is 0.321 e. The Morgan fingerprint density at radius 3 is 1.08 bits per heavy atom. The molecule has 12 aromatic rings. The van der Waals surface area contributed by atoms with Crippen molar-refractivity contribution in [2.75, 3.05) is 16.4 Å². The van der Waals surface area contributed by atoms with Crippen LogP contribution in [-0.4, -0.2) is 88.5 Å². The van der Waals surface area contributed by atoms with Crippen LogP contribution < -0.4 is 30.0 Å². The molecule has 0 saturated carbocycles. The Hall–Kier alpha value is -11.4. The van der Waals surface area contributed by atoms with Crippen LogP contribution in [0.15, 0.2) is 170 Å². The van der Waals surface area contributed by atoms with Crippen LogP contribution in [0.5, 0.6) is 52.8 Å². The zero-order valence-corrected chi connectivity index (χ0v) is 59.5. The van der Waals surface area contributed by atoms with Crippen LogP contribution in [0.3, 0.4) is 0 Å². The second-order valence-electron chi connectivity index (χ2n) is 22.2. The maximum absolute atomic E-state index is 12.3. The molecule has 5 aromatic carbocycles. The molecule has 99 heavy (non-hydrogen) atoms. The number of carbonyl (C=O) groups is 4. The van der Waals surface area contributed by atoms with Crippen LogP contribution in [0, 0.1) is 69.2 Å². The van der Waals surface area contributed by atoms with Gasteiger partial charge in [0, 0.05) is 106 Å². The number of hydrogen-bond acceptors (Lipinski definition) is 23. The standard InChI is InChI=1S/C21H17N5O2S.C15H14N4OS.C14H13BrN2O2.C14H14N2O2.C10H12O2/c1-13-10-16(28-20-23-6-3-7-24-20)11-14(2)18(13)17-12-29-21(25-17)26-19(27)15-4-8-22-9-5-15;1-9-6-11(20-15-17-4-3-5-18-15)7-10(2)13(9)12-8-21-14(16)19-12;1-9-6-11(19-14-16-4-3-5-17-14)7-10(2)13(9)12(18)8-15;1-9-7-12(8-10(2)13(9)11(3)17)18-14-15-5-4-6-16-14;1-6-4-9(12)5-7(2)10(6)8(3)11/h3-12H,1-2H3,(H,25,26,27);3-8H,1-2H3,(H2,16,19);3-7H,8H2,1-2H3;4-8H,1-3H3;4-5,12H,1-3H3. The number of carbonyl (C=O) groups excluding carboxylic acids is 4. The number of benzene rings is 5. The highest BCUT2D eigenvalue weighted by Crippen LogP contribution is 2.36. The van der Waals surface area contributed by atoms with Gasteiger partial charge in [-0.25, -0.2) is 49.8 Å². The summed E-state index contributed by atoms with van der Waals surface area (Å²) in [6.07, 6.45) is 16.2. The molecule has 0 aliphatic rings. The molecule has 0 aliphatic carbocycles. The fourth-order valence-electron chi connectivity index (χ4n) is 10.6. The maximum atomic E-state index is 12.3. The van der Waals surface area contributed by atoms with Crippen molar-refractivity contribution < 1.29 is 43.2 Å². The van der Waals surface area contributed by atoms with E-state index >= 15 is 0 Å². The van der Waals surface area contributed by atoms with E-state index in [1.54, 1.807) is 117 Å². The number of aromatic nitrogens is 11. The number of ketones is 3. The Morgan fingerprint density at radius 2 is 0.758 bits per heavy atom. The van der Waals surface area contributed by atoms with Crippen LogP contribution >= 0.6 is 38.6 Å². The van der Waals surface area contributed by atoms with Gasteiger partial charge in [-0.05, 0) is 236 Å². The first-order chi connectivity index (χ1) is 47.4. The highest BCUT2D eigenvalue weighted by molar-refractivity contribution is 9.09. The Balaban J connectivity index is 0.000000162. The molecule has 0 unspecified atom stereocenters. The number of nitrogens with one attached hydrogen (secondary N) is 1. The van der Waals surface area contributed by atoms with Crippen LogP contribution in [0.1, 0.15) is 111 Å². The highest BCUT2D eigenvalue weighted by Gasteiger charge is 2.18. The molecule has 0 spiro atoms. The minimum Gasteiger partial charge on any atom is -0.508 e. The first-order valence-electron chi connectivity index (χ1n) is 30.5. The number of aromatic hydroxyl groups is 1. The van der Waals surface area contributed by atoms with Gasteiger partial charge in [-0.15, -0.1) is 22.7 Å². The number of nitrogens with two attached hydrogens (primary N) is 1. The summed E-state index contributed by atoms with van der Waals surface area (Å²) >= 11 is 6.01. The Bertz CT molecular complexity index is 4670. The lowest BCUT2D eigenvalue weighted by atomic mass is 9.99. The first kappa shape index (κ1) is 73.4. The Morgan fingerprint density at radius 1 is 0.444 bits per heavy atom. The average Bonchev–Trinajstić information content (AvgIpc) is 1.73. The van der Waals surface area contributed by atoms with E-state index in [4.69, 9.17) is 24.7 Å². The predicted molar refractivity (Wildman–Crippen MR) is 387 cm³/mol. The number of aryl methyl sites for hydroxylation is 10. The normalized spacial score (nSPS) is 10.4. The predicted octanol–water partition coefficient (Wildman–Crippen LogP) is 17.0. The number of halogens is 1. The van der Waals surface area contributed by atoms with E-state index in [-0.39, 0.29) is 29.0 Å². The van der Waals surface area contributed by atoms with Gasteiger partial charge in [0.25, 0.3) is 5.91 Å². The summed E-state index contributed by atoms with van der Waals surface area (Å²) < 4.78 is 22.5. The van der Waals surface area contributed by atoms with E-state index in [0.717, 1.165) is 89.3 Å². The number of thiazole rings is 2. The zero-order valence-electron chi connectivity index (χ0n) is 56.3. The van der Waals surface area contributed by atoms with Crippen molar-refractivity contribution in [2.24, 2.45) is 0 Å². The molecular weight excluding hydrogens is 1360 g/mol. The van der Waals surface area contributed by atoms with Gasteiger partial charge in [-0.3, -0.25) is 29.5 Å². The van der Waals surface area contributed by atoms with E-state index in [1.165, 1.54) is 29.6 Å². The van der Waals surface area contributed by atoms with Gasteiger partial charge in [0.05, 0.1) is 16.7 Å². The molecule has 7 heterocycles. The molecule has 504 valence electrons. The number of ether oxygens (including phenoxy) is 4. The SMILES string of the molecule is CC(=O)c1c(C)cc(O)cc1C.CC(=O)c1c(C)cc(Oc2ncccn2)cc1C.Cc1cc(Oc2ncccn2)cc(C)c1-c1csc(N)n1.Cc1cc(Oc2ncccn2)cc(C)c1-c1csc(NC(=O)c2ccncc2)n1.Cc1cc(Oc2ncccn2)cc(C)c1C(=O)CBr. The van der Waals surface area contributed by atoms with Crippen LogP contribution in [0.4, 0.5) is 10.3 Å². The van der Waals surface area contributed by atoms with Crippen molar-refractivity contribution >= 4 is 72.1 Å². The Labute approximate surface area is 589 Å². The van der Waals surface area contributed by atoms with E-state index < -0.39 is 0 Å². The third kappa shape index (κ3) is 20.8. The fourth-order valence-corrected chi connectivity index (χ4v) is 12.1. The van der Waals surface area contributed by atoms with Crippen molar-refractivity contribution in [1.29, 1.82) is 0 Å². The molecule has 0 radical (unpaired) electrons. The molecule has 12 rings (SSSR count). The summed E-state index contributed by atoms with van der Waals surface area (Å²) in [4.78, 5) is 91.8. The summed E-state index contributed by atoms with van der Waals surface area (Å²) in [7, 11) is 0. The van der Waals surface area contributed by atoms with Crippen molar-refractivity contribution in [1.82, 2.24) is 54.8 Å². The highest BCUT2D eigenvalue weighted by atomic mass is 79.9. The molecular formula is C74H70BrN13O9S2. The van der Waals surface area contributed by atoms with Crippen molar-refractivity contribution in [3.63, 3.8) is 0 Å². The second-order valence-corrected chi connectivity index (χ2v) is 24.5. The van der Waals surface area contributed by atoms with Gasteiger partial charge < -0.3 is 29.8 Å². The molecule has 0 aliphatic heterocycles. The molecule has 0 atom stereocenters. The maximum Gasteiger partial charge on any atom is 0.321 e. The summed E-state index contributed by atoms with van der Waals surface area (Å²) in [6, 6.07) is 29.7. The third-order valence-corrected chi connectivity index (χ3v) is 16.3. The summed E-state index contributed by atoms with van der Waals surface area (Å²) in [5.74, 6) is 2.83. The largest absolute Gasteiger partial charge is 0.508 e. The first-order valence-corrected chi connectivity index (χ1v) is 33.4. The number of Topliss-reactive ketones (excluding diaryl/α,β-unsaturated/α-hetero) is 3. The van der Waals surface area contributed by atoms with E-state index in [2.05, 4.69) is 76.1 Å². The van der Waals surface area contributed by atoms with Crippen LogP contribution in [-0.2, 0) is 0 Å². The monoisotopic (exact) mass is 1430 g/mol. The van der Waals surface area contributed by atoms with Crippen LogP contribution in [0.2, 0.25) is 0 Å². The molecule has 4 N–H and O–H groups in total. The topological polar surface area (TPSA) is 305 Å². The summed E-state index contributed by atoms with van der Waals surface area (Å²) in [5, 5.41) is 17.3. The summed E-state index contributed by atoms with van der Waals surface area (Å²) in [5.41, 5.74) is 21.6. The van der Waals surface area contributed by atoms with E-state index in [9.17, 15) is 24.3 Å². The van der Waals surface area contributed by atoms with Gasteiger partial charge in [-0.2, -0.15) is 0 Å². The second kappa shape index (κ2) is 35.0. The molecule has 22 nitrogen and oxygen atoms in total. The minimum atomic E-state index is -0.214. The Kier molecular flexibility index (Phi) is 26.0. The van der Waals surface area contributed by atoms with Crippen molar-refractivity contribution in [3.05, 3.63) is 248 Å². The lowest BCUT2D eigenvalue weighted by Gasteiger charge is -2.11. The van der Waals surface area contributed by atoms with Crippen molar-refractivity contribution in [3.8, 4) is 75.3 Å². The third-order valence-electron chi connectivity index (χ3n) is 14.4. The minimum absolute atomic E-state index is 0.0463. The number of alkyl halides is 1. The number of phenolic OH excluding ortho intramolecular Hbond substituents is 1. The molecule has 0 fully saturated rings. The van der Waals surface area contributed by atoms with Gasteiger partial charge in [0.15, 0.2) is 27.6 Å². The number of nitrogen functional groups attached to an aromatic ring is 1. The number of amides is 1. The molecule has 25 heteroatoms. The molecule has 0 saturated heterocycles. The fraction of sp³-hybridized carbons (Fsp3) is 0.176. The van der Waals surface area contributed by atoms with Gasteiger partial charge in [0.1, 0.15) is 28.7 Å². The summed E-state index contributed by atoms with van der Waals surface area (Å²) in [6.45, 7) is 22.3. The average molecular weight is 1430 g/mol. The number of anilines is 2. The number of phenols is 1. The van der Waals surface area contributed by atoms with Crippen molar-refractivity contribution in [2.45, 2.75) is 83.1 Å². The van der Waals surface area contributed by atoms with Gasteiger partial charge in [0.2, 0.25) is 0 Å². The lowest BCUT2D eigenvalue weighted by molar-refractivity contribution is 0.100. The number of rotatable bonds is 16. The van der Waals surface area contributed by atoms with Gasteiger partial charge in [-0.1, -0.05) is 15.9 Å². The zero-order chi connectivity index (χ0) is 71.3. The quantitative estimate of drug-likeness (QED) is 0.0598. The van der Waals surface area contributed by atoms with E-state index in [1.807, 2.05) is 129 Å². The number of nitrogens with zero attached hydrogens (tertiary/aromatic N) is 11. The van der Waals surface area contributed by atoms with Crippen LogP contribution in [0.25, 0.3) is 22.5 Å².